The lowest BCUT2D eigenvalue weighted by atomic mass is 10.2. The zero-order valence-electron chi connectivity index (χ0n) is 11.2. The predicted octanol–water partition coefficient (Wildman–Crippen LogP) is 0.922. The van der Waals surface area contributed by atoms with Crippen LogP contribution in [0.3, 0.4) is 0 Å². The van der Waals surface area contributed by atoms with Gasteiger partial charge in [0.1, 0.15) is 0 Å². The normalized spacial score (nSPS) is 10.0. The third-order valence-electron chi connectivity index (χ3n) is 2.39. The van der Waals surface area contributed by atoms with Crippen molar-refractivity contribution in [3.05, 3.63) is 23.8 Å². The Morgan fingerprint density at radius 1 is 1.26 bits per heavy atom. The molecule has 0 fully saturated rings. The number of anilines is 1. The lowest BCUT2D eigenvalue weighted by molar-refractivity contribution is -0.120. The number of amides is 2. The molecule has 0 aliphatic rings. The zero-order chi connectivity index (χ0) is 14.3. The van der Waals surface area contributed by atoms with Gasteiger partial charge in [0.25, 0.3) is 0 Å². The van der Waals surface area contributed by atoms with Crippen LogP contribution in [0.15, 0.2) is 23.1 Å². The molecule has 0 heterocycles. The van der Waals surface area contributed by atoms with Crippen LogP contribution in [0.4, 0.5) is 5.69 Å². The van der Waals surface area contributed by atoms with Crippen LogP contribution in [0.25, 0.3) is 0 Å². The number of thioether (sulfide) groups is 1. The Bertz CT molecular complexity index is 463. The molecule has 1 rings (SSSR count). The van der Waals surface area contributed by atoms with E-state index in [4.69, 9.17) is 5.73 Å². The molecule has 0 radical (unpaired) electrons. The first-order valence-electron chi connectivity index (χ1n) is 5.99. The summed E-state index contributed by atoms with van der Waals surface area (Å²) < 4.78 is 0. The van der Waals surface area contributed by atoms with Crippen molar-refractivity contribution in [2.45, 2.75) is 18.7 Å². The number of aryl methyl sites for hydroxylation is 1. The Balaban J connectivity index is 2.30. The van der Waals surface area contributed by atoms with E-state index < -0.39 is 0 Å². The van der Waals surface area contributed by atoms with Gasteiger partial charge < -0.3 is 16.4 Å². The predicted molar refractivity (Wildman–Crippen MR) is 78.0 cm³/mol. The first kappa shape index (κ1) is 15.4. The number of hydrogen-bond acceptors (Lipinski definition) is 4. The second-order valence-corrected chi connectivity index (χ2v) is 5.16. The number of nitrogen functional groups attached to an aromatic ring is 1. The molecule has 0 bridgehead atoms. The minimum absolute atomic E-state index is 0.0582. The van der Waals surface area contributed by atoms with Gasteiger partial charge >= 0.3 is 0 Å². The third-order valence-corrected chi connectivity index (χ3v) is 3.55. The van der Waals surface area contributed by atoms with Gasteiger partial charge in [-0.1, -0.05) is 6.07 Å². The lowest BCUT2D eigenvalue weighted by Gasteiger charge is -2.08. The van der Waals surface area contributed by atoms with Crippen molar-refractivity contribution < 1.29 is 9.59 Å². The molecule has 0 unspecified atom stereocenters. The molecule has 0 spiro atoms. The largest absolute Gasteiger partial charge is 0.399 e. The molecule has 0 aliphatic carbocycles. The molecule has 1 aromatic carbocycles. The van der Waals surface area contributed by atoms with E-state index in [0.717, 1.165) is 10.5 Å². The summed E-state index contributed by atoms with van der Waals surface area (Å²) in [6.45, 7) is 4.31. The van der Waals surface area contributed by atoms with Gasteiger partial charge in [0, 0.05) is 30.6 Å². The molecule has 5 nitrogen and oxygen atoms in total. The minimum atomic E-state index is -0.0981. The first-order valence-corrected chi connectivity index (χ1v) is 6.97. The number of carbonyl (C=O) groups is 2. The summed E-state index contributed by atoms with van der Waals surface area (Å²) in [6.07, 6.45) is 0. The van der Waals surface area contributed by atoms with E-state index in [9.17, 15) is 9.59 Å². The van der Waals surface area contributed by atoms with Gasteiger partial charge in [0.2, 0.25) is 11.8 Å². The second kappa shape index (κ2) is 7.68. The quantitative estimate of drug-likeness (QED) is 0.411. The summed E-state index contributed by atoms with van der Waals surface area (Å²) in [5.74, 6) is 0.181. The van der Waals surface area contributed by atoms with Crippen LogP contribution in [0.2, 0.25) is 0 Å². The summed E-state index contributed by atoms with van der Waals surface area (Å²) in [7, 11) is 0. The number of rotatable bonds is 6. The van der Waals surface area contributed by atoms with Gasteiger partial charge in [-0.2, -0.15) is 0 Å². The Morgan fingerprint density at radius 3 is 2.63 bits per heavy atom. The topological polar surface area (TPSA) is 84.2 Å². The molecular formula is C13H19N3O2S. The fourth-order valence-corrected chi connectivity index (χ4v) is 2.31. The van der Waals surface area contributed by atoms with Crippen LogP contribution in [-0.2, 0) is 9.59 Å². The summed E-state index contributed by atoms with van der Waals surface area (Å²) >= 11 is 1.45. The molecule has 4 N–H and O–H groups in total. The number of nitrogens with one attached hydrogen (secondary N) is 2. The maximum atomic E-state index is 11.6. The summed E-state index contributed by atoms with van der Waals surface area (Å²) in [5.41, 5.74) is 7.50. The van der Waals surface area contributed by atoms with Gasteiger partial charge in [-0.25, -0.2) is 0 Å². The summed E-state index contributed by atoms with van der Waals surface area (Å²) in [4.78, 5) is 23.2. The van der Waals surface area contributed by atoms with Crippen molar-refractivity contribution in [2.24, 2.45) is 0 Å². The van der Waals surface area contributed by atoms with Gasteiger partial charge in [-0.05, 0) is 24.6 Å². The molecule has 0 saturated heterocycles. The van der Waals surface area contributed by atoms with E-state index in [-0.39, 0.29) is 11.8 Å². The maximum absolute atomic E-state index is 11.6. The van der Waals surface area contributed by atoms with Crippen molar-refractivity contribution in [3.8, 4) is 0 Å². The van der Waals surface area contributed by atoms with E-state index in [1.165, 1.54) is 18.7 Å². The highest BCUT2D eigenvalue weighted by Crippen LogP contribution is 2.24. The highest BCUT2D eigenvalue weighted by atomic mass is 32.2. The Morgan fingerprint density at radius 2 is 1.95 bits per heavy atom. The average Bonchev–Trinajstić information content (AvgIpc) is 2.35. The highest BCUT2D eigenvalue weighted by Gasteiger charge is 2.05. The molecule has 1 aromatic rings. The molecule has 0 aliphatic heterocycles. The van der Waals surface area contributed by atoms with Crippen LogP contribution in [-0.4, -0.2) is 30.7 Å². The Hall–Kier alpha value is -1.69. The van der Waals surface area contributed by atoms with Crippen LogP contribution in [0.1, 0.15) is 12.5 Å². The SMILES string of the molecule is CC(=O)NCCNC(=O)CSc1cc(N)ccc1C. The second-order valence-electron chi connectivity index (χ2n) is 4.15. The van der Waals surface area contributed by atoms with E-state index in [0.29, 0.717) is 24.5 Å². The van der Waals surface area contributed by atoms with E-state index in [1.807, 2.05) is 25.1 Å². The van der Waals surface area contributed by atoms with Gasteiger partial charge in [-0.3, -0.25) is 9.59 Å². The van der Waals surface area contributed by atoms with Crippen LogP contribution in [0.5, 0.6) is 0 Å². The van der Waals surface area contributed by atoms with Crippen LogP contribution >= 0.6 is 11.8 Å². The van der Waals surface area contributed by atoms with Crippen LogP contribution < -0.4 is 16.4 Å². The fourth-order valence-electron chi connectivity index (χ4n) is 1.41. The summed E-state index contributed by atoms with van der Waals surface area (Å²) in [5, 5.41) is 5.35. The minimum Gasteiger partial charge on any atom is -0.399 e. The molecule has 0 saturated carbocycles. The Labute approximate surface area is 117 Å². The van der Waals surface area contributed by atoms with Gasteiger partial charge in [0.05, 0.1) is 5.75 Å². The number of nitrogens with two attached hydrogens (primary N) is 1. The first-order chi connectivity index (χ1) is 8.99. The van der Waals surface area contributed by atoms with Gasteiger partial charge in [-0.15, -0.1) is 11.8 Å². The summed E-state index contributed by atoms with van der Waals surface area (Å²) in [6, 6.07) is 5.64. The Kier molecular flexibility index (Phi) is 6.21. The monoisotopic (exact) mass is 281 g/mol. The molecular weight excluding hydrogens is 262 g/mol. The molecule has 6 heteroatoms. The number of carbonyl (C=O) groups excluding carboxylic acids is 2. The number of hydrogen-bond donors (Lipinski definition) is 3. The standard InChI is InChI=1S/C13H19N3O2S/c1-9-3-4-11(14)7-12(9)19-8-13(18)16-6-5-15-10(2)17/h3-4,7H,5-6,8,14H2,1-2H3,(H,15,17)(H,16,18). The van der Waals surface area contributed by atoms with Crippen molar-refractivity contribution in [2.75, 3.05) is 24.6 Å². The highest BCUT2D eigenvalue weighted by molar-refractivity contribution is 8.00. The van der Waals surface area contributed by atoms with Gasteiger partial charge in [0.15, 0.2) is 0 Å². The van der Waals surface area contributed by atoms with Crippen molar-refractivity contribution in [1.82, 2.24) is 10.6 Å². The van der Waals surface area contributed by atoms with Crippen molar-refractivity contribution in [1.29, 1.82) is 0 Å². The molecule has 104 valence electrons. The molecule has 0 aromatic heterocycles. The van der Waals surface area contributed by atoms with Crippen molar-refractivity contribution >= 4 is 29.3 Å². The van der Waals surface area contributed by atoms with E-state index >= 15 is 0 Å². The zero-order valence-corrected chi connectivity index (χ0v) is 12.0. The smallest absolute Gasteiger partial charge is 0.230 e. The number of benzene rings is 1. The fraction of sp³-hybridized carbons (Fsp3) is 0.385. The molecule has 2 amide bonds. The van der Waals surface area contributed by atoms with Crippen LogP contribution in [0, 0.1) is 6.92 Å². The molecule has 19 heavy (non-hydrogen) atoms. The lowest BCUT2D eigenvalue weighted by Crippen LogP contribution is -2.34. The van der Waals surface area contributed by atoms with E-state index in [2.05, 4.69) is 10.6 Å². The van der Waals surface area contributed by atoms with Crippen molar-refractivity contribution in [3.63, 3.8) is 0 Å². The van der Waals surface area contributed by atoms with E-state index in [1.54, 1.807) is 0 Å². The maximum Gasteiger partial charge on any atom is 0.230 e. The molecule has 0 atom stereocenters. The third kappa shape index (κ3) is 6.15. The average molecular weight is 281 g/mol.